The van der Waals surface area contributed by atoms with Gasteiger partial charge < -0.3 is 10.2 Å². The lowest BCUT2D eigenvalue weighted by Crippen LogP contribution is -2.38. The number of halogens is 1. The molecule has 7 nitrogen and oxygen atoms in total. The van der Waals surface area contributed by atoms with E-state index in [4.69, 9.17) is 0 Å². The first-order valence-corrected chi connectivity index (χ1v) is 9.69. The summed E-state index contributed by atoms with van der Waals surface area (Å²) >= 11 is 0. The van der Waals surface area contributed by atoms with Crippen molar-refractivity contribution in [2.75, 3.05) is 19.6 Å². The van der Waals surface area contributed by atoms with Gasteiger partial charge in [-0.2, -0.15) is 0 Å². The number of nitrogens with one attached hydrogen (secondary N) is 2. The Balaban J connectivity index is 0.00000205. The molecule has 0 bridgehead atoms. The van der Waals surface area contributed by atoms with Gasteiger partial charge in [0.2, 0.25) is 0 Å². The number of amides is 1. The quantitative estimate of drug-likeness (QED) is 0.674. The first-order valence-electron chi connectivity index (χ1n) is 9.69. The van der Waals surface area contributed by atoms with Crippen LogP contribution in [-0.4, -0.2) is 45.0 Å². The number of rotatable bonds is 2. The lowest BCUT2D eigenvalue weighted by molar-refractivity contribution is 0.0711. The number of aromatic nitrogens is 3. The maximum absolute atomic E-state index is 13.5. The van der Waals surface area contributed by atoms with Crippen LogP contribution in [0.4, 0.5) is 0 Å². The highest BCUT2D eigenvalue weighted by molar-refractivity contribution is 5.94. The van der Waals surface area contributed by atoms with Gasteiger partial charge >= 0.3 is 0 Å². The van der Waals surface area contributed by atoms with Gasteiger partial charge in [-0.3, -0.25) is 14.7 Å². The molecular weight excluding hydrogens is 390 g/mol. The zero-order valence-corrected chi connectivity index (χ0v) is 17.2. The van der Waals surface area contributed by atoms with Gasteiger partial charge in [0.1, 0.15) is 5.56 Å². The van der Waals surface area contributed by atoms with Crippen LogP contribution in [0.15, 0.2) is 41.3 Å². The summed E-state index contributed by atoms with van der Waals surface area (Å²) in [5, 5.41) is 6.43. The lowest BCUT2D eigenvalue weighted by Gasteiger charge is -2.29. The standard InChI is InChI=1S/C21H23N5O2.ClH/c1-12-5-3-4-6-15(12)19-16-9-22-8-14(16)11-25(19)20(27)17-10-23-18-7-13(2)24-26(18)21(17)28;/h3-7,10,14,16,19,22,24H,8-9,11H2,1-2H3;1H/t14-,16-,19+;/m0./s1. The number of hydrogen-bond acceptors (Lipinski definition) is 4. The molecule has 1 amide bonds. The smallest absolute Gasteiger partial charge is 0.285 e. The Hall–Kier alpha value is -2.64. The molecule has 2 aliphatic heterocycles. The maximum atomic E-state index is 13.5. The number of likely N-dealkylation sites (tertiary alicyclic amines) is 1. The Bertz CT molecular complexity index is 1140. The highest BCUT2D eigenvalue weighted by Crippen LogP contribution is 2.43. The number of carbonyl (C=O) groups is 1. The van der Waals surface area contributed by atoms with Crippen molar-refractivity contribution in [2.24, 2.45) is 11.8 Å². The lowest BCUT2D eigenvalue weighted by atomic mass is 9.87. The molecule has 2 aromatic heterocycles. The molecular formula is C21H24ClN5O2. The second-order valence-corrected chi connectivity index (χ2v) is 7.95. The van der Waals surface area contributed by atoms with Gasteiger partial charge in [-0.25, -0.2) is 9.50 Å². The van der Waals surface area contributed by atoms with Crippen LogP contribution in [-0.2, 0) is 0 Å². The van der Waals surface area contributed by atoms with Crippen LogP contribution in [0, 0.1) is 25.7 Å². The van der Waals surface area contributed by atoms with Crippen LogP contribution in [0.2, 0.25) is 0 Å². The average molecular weight is 414 g/mol. The largest absolute Gasteiger partial charge is 0.331 e. The number of H-pyrrole nitrogens is 1. The molecule has 0 aliphatic carbocycles. The van der Waals surface area contributed by atoms with E-state index in [9.17, 15) is 9.59 Å². The number of benzene rings is 1. The van der Waals surface area contributed by atoms with Crippen molar-refractivity contribution in [2.45, 2.75) is 19.9 Å². The molecule has 2 fully saturated rings. The zero-order valence-electron chi connectivity index (χ0n) is 16.4. The van der Waals surface area contributed by atoms with Crippen LogP contribution in [0.1, 0.15) is 33.2 Å². The highest BCUT2D eigenvalue weighted by Gasteiger charge is 2.47. The average Bonchev–Trinajstić information content (AvgIpc) is 3.36. The molecule has 8 heteroatoms. The van der Waals surface area contributed by atoms with Crippen LogP contribution >= 0.6 is 12.4 Å². The predicted octanol–water partition coefficient (Wildman–Crippen LogP) is 2.09. The minimum absolute atomic E-state index is 0. The molecule has 3 aromatic rings. The van der Waals surface area contributed by atoms with Gasteiger partial charge in [0.15, 0.2) is 5.65 Å². The molecule has 2 N–H and O–H groups in total. The van der Waals surface area contributed by atoms with Crippen molar-refractivity contribution < 1.29 is 4.79 Å². The van der Waals surface area contributed by atoms with E-state index < -0.39 is 0 Å². The van der Waals surface area contributed by atoms with Gasteiger partial charge in [-0.1, -0.05) is 24.3 Å². The number of aryl methyl sites for hydroxylation is 2. The number of fused-ring (bicyclic) bond motifs is 2. The molecule has 3 atom stereocenters. The van der Waals surface area contributed by atoms with Crippen LogP contribution in [0.25, 0.3) is 5.65 Å². The van der Waals surface area contributed by atoms with Crippen LogP contribution in [0.5, 0.6) is 0 Å². The van der Waals surface area contributed by atoms with E-state index in [1.165, 1.54) is 16.3 Å². The van der Waals surface area contributed by atoms with Gasteiger partial charge in [0, 0.05) is 43.5 Å². The Kier molecular flexibility index (Phi) is 4.96. The van der Waals surface area contributed by atoms with Crippen LogP contribution in [0.3, 0.4) is 0 Å². The number of nitrogens with zero attached hydrogens (tertiary/aromatic N) is 3. The molecule has 4 heterocycles. The Morgan fingerprint density at radius 2 is 2.00 bits per heavy atom. The summed E-state index contributed by atoms with van der Waals surface area (Å²) < 4.78 is 1.35. The molecule has 2 aliphatic rings. The van der Waals surface area contributed by atoms with Gasteiger partial charge in [0.05, 0.1) is 6.04 Å². The normalized spacial score (nSPS) is 23.2. The molecule has 1 aromatic carbocycles. The number of aromatic amines is 1. The summed E-state index contributed by atoms with van der Waals surface area (Å²) in [5.74, 6) is 0.528. The molecule has 152 valence electrons. The fourth-order valence-electron chi connectivity index (χ4n) is 4.83. The van der Waals surface area contributed by atoms with Crippen LogP contribution < -0.4 is 10.9 Å². The summed E-state index contributed by atoms with van der Waals surface area (Å²) in [5.41, 5.74) is 3.46. The van der Waals surface area contributed by atoms with Crippen molar-refractivity contribution >= 4 is 24.0 Å². The topological polar surface area (TPSA) is 82.5 Å². The van der Waals surface area contributed by atoms with Crippen molar-refractivity contribution in [3.05, 3.63) is 69.3 Å². The van der Waals surface area contributed by atoms with Gasteiger partial charge in [-0.05, 0) is 30.9 Å². The summed E-state index contributed by atoms with van der Waals surface area (Å²) in [7, 11) is 0. The first kappa shape index (κ1) is 19.7. The van der Waals surface area contributed by atoms with E-state index in [2.05, 4.69) is 34.5 Å². The number of carbonyl (C=O) groups excluding carboxylic acids is 1. The second kappa shape index (κ2) is 7.31. The Labute approximate surface area is 174 Å². The summed E-state index contributed by atoms with van der Waals surface area (Å²) in [6.07, 6.45) is 1.43. The molecule has 0 unspecified atom stereocenters. The highest BCUT2D eigenvalue weighted by atomic mass is 35.5. The molecule has 2 saturated heterocycles. The van der Waals surface area contributed by atoms with E-state index in [1.54, 1.807) is 6.07 Å². The summed E-state index contributed by atoms with van der Waals surface area (Å²) in [6, 6.07) is 9.98. The van der Waals surface area contributed by atoms with E-state index in [-0.39, 0.29) is 35.5 Å². The third-order valence-corrected chi connectivity index (χ3v) is 6.19. The fourth-order valence-corrected chi connectivity index (χ4v) is 4.83. The minimum atomic E-state index is -0.346. The van der Waals surface area contributed by atoms with Crippen molar-refractivity contribution in [1.82, 2.24) is 24.8 Å². The molecule has 0 saturated carbocycles. The third kappa shape index (κ3) is 3.05. The predicted molar refractivity (Wildman–Crippen MR) is 113 cm³/mol. The van der Waals surface area contributed by atoms with Crippen molar-refractivity contribution in [1.29, 1.82) is 0 Å². The molecule has 0 radical (unpaired) electrons. The summed E-state index contributed by atoms with van der Waals surface area (Å²) in [6.45, 7) is 6.39. The number of hydrogen-bond donors (Lipinski definition) is 2. The SMILES string of the molecule is Cc1cc2ncc(C(=O)N3C[C@@H]4CNC[C@@H]4[C@H]3c3ccccc3C)c(=O)n2[nH]1.Cl. The van der Waals surface area contributed by atoms with E-state index >= 15 is 0 Å². The molecule has 5 rings (SSSR count). The summed E-state index contributed by atoms with van der Waals surface area (Å²) in [4.78, 5) is 32.6. The van der Waals surface area contributed by atoms with E-state index in [1.807, 2.05) is 24.0 Å². The monoisotopic (exact) mass is 413 g/mol. The van der Waals surface area contributed by atoms with E-state index in [0.29, 0.717) is 24.0 Å². The van der Waals surface area contributed by atoms with Crippen molar-refractivity contribution in [3.63, 3.8) is 0 Å². The molecule has 29 heavy (non-hydrogen) atoms. The maximum Gasteiger partial charge on any atom is 0.285 e. The Morgan fingerprint density at radius 1 is 1.21 bits per heavy atom. The minimum Gasteiger partial charge on any atom is -0.331 e. The second-order valence-electron chi connectivity index (χ2n) is 7.95. The van der Waals surface area contributed by atoms with Gasteiger partial charge in [0.25, 0.3) is 11.5 Å². The molecule has 0 spiro atoms. The Morgan fingerprint density at radius 3 is 2.79 bits per heavy atom. The van der Waals surface area contributed by atoms with Crippen molar-refractivity contribution in [3.8, 4) is 0 Å². The third-order valence-electron chi connectivity index (χ3n) is 6.19. The zero-order chi connectivity index (χ0) is 19.4. The van der Waals surface area contributed by atoms with Gasteiger partial charge in [-0.15, -0.1) is 12.4 Å². The first-order chi connectivity index (χ1) is 13.5. The van der Waals surface area contributed by atoms with E-state index in [0.717, 1.165) is 24.3 Å². The fraction of sp³-hybridized carbons (Fsp3) is 0.381.